The van der Waals surface area contributed by atoms with Gasteiger partial charge in [0.1, 0.15) is 0 Å². The Kier molecular flexibility index (Phi) is 10.2. The van der Waals surface area contributed by atoms with Gasteiger partial charge in [-0.2, -0.15) is 0 Å². The van der Waals surface area contributed by atoms with Crippen LogP contribution in [0.5, 0.6) is 0 Å². The lowest BCUT2D eigenvalue weighted by atomic mass is 9.94. The molecule has 2 nitrogen and oxygen atoms in total. The molecule has 326 valence electrons. The summed E-state index contributed by atoms with van der Waals surface area (Å²) in [7, 11) is 0. The second-order valence-electron chi connectivity index (χ2n) is 18.2. The van der Waals surface area contributed by atoms with Crippen LogP contribution >= 0.6 is 0 Å². The molecule has 0 saturated carbocycles. The van der Waals surface area contributed by atoms with Crippen LogP contribution in [0.3, 0.4) is 0 Å². The first kappa shape index (κ1) is 41.0. The minimum Gasteiger partial charge on any atom is -0.248 e. The lowest BCUT2D eigenvalue weighted by Gasteiger charge is -2.13. The number of hydrogen-bond acceptors (Lipinski definition) is 2. The fourth-order valence-corrected chi connectivity index (χ4v) is 9.97. The van der Waals surface area contributed by atoms with E-state index in [1.54, 1.807) is 0 Å². The fraction of sp³-hybridized carbons (Fsp3) is 0. The van der Waals surface area contributed by atoms with Crippen molar-refractivity contribution >= 4 is 43.1 Å². The van der Waals surface area contributed by atoms with Crippen molar-refractivity contribution < 1.29 is 0 Å². The summed E-state index contributed by atoms with van der Waals surface area (Å²) in [5, 5.41) is 9.69. The molecule has 70 heavy (non-hydrogen) atoms. The van der Waals surface area contributed by atoms with E-state index in [1.807, 2.05) is 0 Å². The van der Waals surface area contributed by atoms with Crippen molar-refractivity contribution in [3.8, 4) is 89.5 Å². The maximum absolute atomic E-state index is 5.29. The van der Waals surface area contributed by atoms with Crippen LogP contribution in [-0.2, 0) is 0 Å². The van der Waals surface area contributed by atoms with Crippen LogP contribution < -0.4 is 0 Å². The van der Waals surface area contributed by atoms with Crippen molar-refractivity contribution in [1.82, 2.24) is 9.97 Å². The summed E-state index contributed by atoms with van der Waals surface area (Å²) in [5.41, 5.74) is 17.4. The summed E-state index contributed by atoms with van der Waals surface area (Å²) >= 11 is 0. The van der Waals surface area contributed by atoms with E-state index in [0.29, 0.717) is 0 Å². The molecule has 0 amide bonds. The van der Waals surface area contributed by atoms with Crippen molar-refractivity contribution in [3.63, 3.8) is 0 Å². The van der Waals surface area contributed by atoms with Gasteiger partial charge in [0.15, 0.2) is 0 Å². The largest absolute Gasteiger partial charge is 0.248 e. The number of nitrogens with zero attached hydrogens (tertiary/aromatic N) is 2. The van der Waals surface area contributed by atoms with Crippen LogP contribution in [0.25, 0.3) is 133 Å². The van der Waals surface area contributed by atoms with Gasteiger partial charge >= 0.3 is 0 Å². The number of aromatic nitrogens is 2. The summed E-state index contributed by atoms with van der Waals surface area (Å²) in [5.74, 6) is 0. The molecule has 13 rings (SSSR count). The van der Waals surface area contributed by atoms with E-state index in [1.165, 1.54) is 65.3 Å². The second-order valence-corrected chi connectivity index (χ2v) is 18.2. The summed E-state index contributed by atoms with van der Waals surface area (Å²) in [4.78, 5) is 10.6. The van der Waals surface area contributed by atoms with E-state index in [4.69, 9.17) is 9.97 Å². The lowest BCUT2D eigenvalue weighted by Crippen LogP contribution is -1.92. The predicted molar refractivity (Wildman–Crippen MR) is 296 cm³/mol. The first-order valence-corrected chi connectivity index (χ1v) is 23.9. The molecule has 0 saturated heterocycles. The molecular weight excluding hydrogens is 845 g/mol. The predicted octanol–water partition coefficient (Wildman–Crippen LogP) is 18.4. The van der Waals surface area contributed by atoms with Gasteiger partial charge in [-0.3, -0.25) is 0 Å². The molecule has 0 bridgehead atoms. The molecule has 2 heteroatoms. The van der Waals surface area contributed by atoms with Crippen LogP contribution in [0.2, 0.25) is 0 Å². The molecular formula is C68H44N2. The maximum atomic E-state index is 5.29. The van der Waals surface area contributed by atoms with E-state index >= 15 is 0 Å². The van der Waals surface area contributed by atoms with E-state index in [0.717, 1.165) is 67.3 Å². The summed E-state index contributed by atoms with van der Waals surface area (Å²) in [6, 6.07) is 96.3. The standard InChI is InChI=1S/C68H44N2/c1-5-14-53-37-59(32-28-45(53)10-1)65-41-63(42-66(69-65)60-33-29-46-11-2-6-15-54(46)38-60)51-24-20-49(21-25-51)57-18-9-19-58(36-57)50-22-26-52(27-23-50)64-43-67(61-34-30-47-12-3-7-16-55(47)39-61)70-68(44-64)62-35-31-48-13-4-8-17-56(48)40-62/h1-44H. The van der Waals surface area contributed by atoms with Crippen LogP contribution in [0.4, 0.5) is 0 Å². The SMILES string of the molecule is c1cc(-c2ccc(-c3cc(-c4ccc5ccccc5c4)nc(-c4ccc5ccccc5c4)c3)cc2)cc(-c2ccc(-c3cc(-c4ccc5ccccc5c4)nc(-c4ccc5ccccc5c4)c3)cc2)c1. The quantitative estimate of drug-likeness (QED) is 0.152. The first-order valence-electron chi connectivity index (χ1n) is 23.9. The van der Waals surface area contributed by atoms with Crippen molar-refractivity contribution in [2.75, 3.05) is 0 Å². The minimum absolute atomic E-state index is 0.953. The van der Waals surface area contributed by atoms with Crippen LogP contribution in [0.1, 0.15) is 0 Å². The van der Waals surface area contributed by atoms with Crippen molar-refractivity contribution in [1.29, 1.82) is 0 Å². The summed E-state index contributed by atoms with van der Waals surface area (Å²) < 4.78 is 0. The molecule has 0 aliphatic carbocycles. The zero-order valence-electron chi connectivity index (χ0n) is 38.3. The molecule has 0 aliphatic heterocycles. The number of rotatable bonds is 8. The molecule has 0 spiro atoms. The van der Waals surface area contributed by atoms with Gasteiger partial charge in [0, 0.05) is 22.3 Å². The Labute approximate surface area is 407 Å². The highest BCUT2D eigenvalue weighted by atomic mass is 14.7. The molecule has 2 aromatic heterocycles. The van der Waals surface area contributed by atoms with Crippen molar-refractivity contribution in [2.45, 2.75) is 0 Å². The van der Waals surface area contributed by atoms with Gasteiger partial charge in [0.2, 0.25) is 0 Å². The van der Waals surface area contributed by atoms with Gasteiger partial charge in [-0.1, -0.05) is 212 Å². The fourth-order valence-electron chi connectivity index (χ4n) is 9.97. The molecule has 13 aromatic rings. The molecule has 0 unspecified atom stereocenters. The van der Waals surface area contributed by atoms with Gasteiger partial charge in [-0.05, 0) is 142 Å². The molecule has 11 aromatic carbocycles. The smallest absolute Gasteiger partial charge is 0.0715 e. The van der Waals surface area contributed by atoms with Crippen LogP contribution in [0, 0.1) is 0 Å². The Morgan fingerprint density at radius 2 is 0.386 bits per heavy atom. The zero-order valence-corrected chi connectivity index (χ0v) is 38.3. The van der Waals surface area contributed by atoms with Gasteiger partial charge < -0.3 is 0 Å². The molecule has 0 N–H and O–H groups in total. The number of fused-ring (bicyclic) bond motifs is 4. The normalized spacial score (nSPS) is 11.4. The Morgan fingerprint density at radius 3 is 0.671 bits per heavy atom. The third kappa shape index (κ3) is 7.98. The minimum atomic E-state index is 0.953. The van der Waals surface area contributed by atoms with Gasteiger partial charge in [0.25, 0.3) is 0 Å². The highest BCUT2D eigenvalue weighted by Gasteiger charge is 2.14. The first-order chi connectivity index (χ1) is 34.6. The molecule has 0 atom stereocenters. The van der Waals surface area contributed by atoms with E-state index in [9.17, 15) is 0 Å². The summed E-state index contributed by atoms with van der Waals surface area (Å²) in [6.07, 6.45) is 0. The number of pyridine rings is 2. The number of benzene rings is 11. The Morgan fingerprint density at radius 1 is 0.143 bits per heavy atom. The van der Waals surface area contributed by atoms with Crippen LogP contribution in [-0.4, -0.2) is 9.97 Å². The van der Waals surface area contributed by atoms with Gasteiger partial charge in [0.05, 0.1) is 22.8 Å². The van der Waals surface area contributed by atoms with E-state index in [2.05, 4.69) is 267 Å². The second kappa shape index (κ2) is 17.4. The molecule has 0 aliphatic rings. The highest BCUT2D eigenvalue weighted by molar-refractivity contribution is 5.92. The topological polar surface area (TPSA) is 25.8 Å². The average Bonchev–Trinajstić information content (AvgIpc) is 3.44. The van der Waals surface area contributed by atoms with Gasteiger partial charge in [-0.25, -0.2) is 9.97 Å². The van der Waals surface area contributed by atoms with Gasteiger partial charge in [-0.15, -0.1) is 0 Å². The van der Waals surface area contributed by atoms with E-state index < -0.39 is 0 Å². The Hall–Kier alpha value is -9.24. The van der Waals surface area contributed by atoms with Crippen LogP contribution in [0.15, 0.2) is 267 Å². The van der Waals surface area contributed by atoms with Crippen molar-refractivity contribution in [2.24, 2.45) is 0 Å². The Balaban J connectivity index is 0.819. The highest BCUT2D eigenvalue weighted by Crippen LogP contribution is 2.37. The summed E-state index contributed by atoms with van der Waals surface area (Å²) in [6.45, 7) is 0. The molecule has 2 heterocycles. The molecule has 0 radical (unpaired) electrons. The van der Waals surface area contributed by atoms with E-state index in [-0.39, 0.29) is 0 Å². The average molecular weight is 889 g/mol. The zero-order chi connectivity index (χ0) is 46.4. The monoisotopic (exact) mass is 888 g/mol. The third-order valence-corrected chi connectivity index (χ3v) is 13.8. The third-order valence-electron chi connectivity index (χ3n) is 13.8. The number of hydrogen-bond donors (Lipinski definition) is 0. The lowest BCUT2D eigenvalue weighted by molar-refractivity contribution is 1.33. The molecule has 0 fully saturated rings. The van der Waals surface area contributed by atoms with Crippen molar-refractivity contribution in [3.05, 3.63) is 267 Å². The maximum Gasteiger partial charge on any atom is 0.0715 e. The Bertz CT molecular complexity index is 3650.